The Balaban J connectivity index is 1.57. The van der Waals surface area contributed by atoms with Crippen LogP contribution in [0.4, 0.5) is 10.8 Å². The molecule has 0 atom stereocenters. The average molecular weight is 425 g/mol. The van der Waals surface area contributed by atoms with Gasteiger partial charge in [-0.25, -0.2) is 9.97 Å². The van der Waals surface area contributed by atoms with Crippen molar-refractivity contribution in [3.05, 3.63) is 41.7 Å². The van der Waals surface area contributed by atoms with Gasteiger partial charge in [0, 0.05) is 24.8 Å². The Morgan fingerprint density at radius 2 is 2.00 bits per heavy atom. The maximum absolute atomic E-state index is 12.7. The summed E-state index contributed by atoms with van der Waals surface area (Å²) in [6, 6.07) is 9.25. The number of rotatable bonds is 5. The maximum atomic E-state index is 12.7. The van der Waals surface area contributed by atoms with Crippen molar-refractivity contribution in [3.63, 3.8) is 0 Å². The van der Waals surface area contributed by atoms with E-state index in [0.717, 1.165) is 46.0 Å². The van der Waals surface area contributed by atoms with Gasteiger partial charge in [0.15, 0.2) is 5.13 Å². The standard InChI is InChI=1S/C23H28N4O2S/c1-14(2)16-8-10-27(11-9-16)23-26-19-12-20(29-4)18(13-21(19)30-23)25-22(28)17-7-5-6-15(3)24-17/h5-7,12-14,16H,8-11H2,1-4H3,(H,25,28). The van der Waals surface area contributed by atoms with E-state index in [1.807, 2.05) is 31.2 Å². The maximum Gasteiger partial charge on any atom is 0.274 e. The number of thiazole rings is 1. The Morgan fingerprint density at radius 3 is 2.67 bits per heavy atom. The summed E-state index contributed by atoms with van der Waals surface area (Å²) in [5.41, 5.74) is 2.71. The summed E-state index contributed by atoms with van der Waals surface area (Å²) in [6.45, 7) is 8.58. The highest BCUT2D eigenvalue weighted by atomic mass is 32.1. The first-order valence-corrected chi connectivity index (χ1v) is 11.2. The summed E-state index contributed by atoms with van der Waals surface area (Å²) < 4.78 is 6.56. The van der Waals surface area contributed by atoms with Gasteiger partial charge in [-0.1, -0.05) is 31.3 Å². The molecule has 158 valence electrons. The quantitative estimate of drug-likeness (QED) is 0.615. The third kappa shape index (κ3) is 4.26. The second-order valence-corrected chi connectivity index (χ2v) is 9.21. The Bertz CT molecular complexity index is 1050. The number of nitrogens with one attached hydrogen (secondary N) is 1. The van der Waals surface area contributed by atoms with Gasteiger partial charge in [0.05, 0.1) is 23.0 Å². The van der Waals surface area contributed by atoms with Gasteiger partial charge in [-0.3, -0.25) is 4.79 Å². The number of methoxy groups -OCH3 is 1. The second-order valence-electron chi connectivity index (χ2n) is 8.20. The number of aryl methyl sites for hydroxylation is 1. The molecule has 3 aromatic rings. The number of pyridine rings is 1. The van der Waals surface area contributed by atoms with E-state index in [1.54, 1.807) is 24.5 Å². The van der Waals surface area contributed by atoms with Gasteiger partial charge in [0.25, 0.3) is 5.91 Å². The summed E-state index contributed by atoms with van der Waals surface area (Å²) in [4.78, 5) is 24.2. The first-order chi connectivity index (χ1) is 14.4. The van der Waals surface area contributed by atoms with E-state index in [2.05, 4.69) is 29.0 Å². The third-order valence-corrected chi connectivity index (χ3v) is 6.90. The Kier molecular flexibility index (Phi) is 5.90. The predicted molar refractivity (Wildman–Crippen MR) is 123 cm³/mol. The number of aromatic nitrogens is 2. The molecule has 0 spiro atoms. The van der Waals surface area contributed by atoms with Crippen LogP contribution in [0.5, 0.6) is 5.75 Å². The highest BCUT2D eigenvalue weighted by molar-refractivity contribution is 7.22. The largest absolute Gasteiger partial charge is 0.494 e. The summed E-state index contributed by atoms with van der Waals surface area (Å²) in [5, 5.41) is 3.98. The van der Waals surface area contributed by atoms with E-state index in [4.69, 9.17) is 9.72 Å². The van der Waals surface area contributed by atoms with Crippen LogP contribution in [0, 0.1) is 18.8 Å². The smallest absolute Gasteiger partial charge is 0.274 e. The monoisotopic (exact) mass is 424 g/mol. The van der Waals surface area contributed by atoms with Crippen LogP contribution in [0.1, 0.15) is 42.9 Å². The summed E-state index contributed by atoms with van der Waals surface area (Å²) in [5.74, 6) is 1.88. The number of hydrogen-bond donors (Lipinski definition) is 1. The lowest BCUT2D eigenvalue weighted by Crippen LogP contribution is -2.35. The van der Waals surface area contributed by atoms with Crippen LogP contribution < -0.4 is 15.0 Å². The second kappa shape index (κ2) is 8.60. The van der Waals surface area contributed by atoms with Crippen molar-refractivity contribution in [2.24, 2.45) is 11.8 Å². The molecule has 30 heavy (non-hydrogen) atoms. The molecule has 1 aromatic carbocycles. The molecule has 1 fully saturated rings. The van der Waals surface area contributed by atoms with Gasteiger partial charge in [0.2, 0.25) is 0 Å². The van der Waals surface area contributed by atoms with Crippen LogP contribution in [0.3, 0.4) is 0 Å². The first kappa shape index (κ1) is 20.6. The minimum atomic E-state index is -0.253. The number of amides is 1. The van der Waals surface area contributed by atoms with Gasteiger partial charge in [-0.15, -0.1) is 0 Å². The van der Waals surface area contributed by atoms with Gasteiger partial charge < -0.3 is 15.0 Å². The summed E-state index contributed by atoms with van der Waals surface area (Å²) in [7, 11) is 1.60. The topological polar surface area (TPSA) is 67.3 Å². The molecule has 1 N–H and O–H groups in total. The molecular weight excluding hydrogens is 396 g/mol. The van der Waals surface area contributed by atoms with Crippen molar-refractivity contribution in [2.75, 3.05) is 30.4 Å². The number of carbonyl (C=O) groups is 1. The first-order valence-electron chi connectivity index (χ1n) is 10.4. The zero-order chi connectivity index (χ0) is 21.3. The Labute approximate surface area is 181 Å². The molecule has 0 saturated carbocycles. The van der Waals surface area contributed by atoms with Crippen molar-refractivity contribution in [1.29, 1.82) is 0 Å². The number of carbonyl (C=O) groups excluding carboxylic acids is 1. The van der Waals surface area contributed by atoms with Crippen molar-refractivity contribution in [1.82, 2.24) is 9.97 Å². The van der Waals surface area contributed by atoms with Crippen LogP contribution in [0.2, 0.25) is 0 Å². The Hall–Kier alpha value is -2.67. The summed E-state index contributed by atoms with van der Waals surface area (Å²) in [6.07, 6.45) is 2.42. The van der Waals surface area contributed by atoms with Crippen LogP contribution in [-0.4, -0.2) is 36.1 Å². The average Bonchev–Trinajstić information content (AvgIpc) is 3.16. The van der Waals surface area contributed by atoms with E-state index in [-0.39, 0.29) is 5.91 Å². The van der Waals surface area contributed by atoms with Gasteiger partial charge in [0.1, 0.15) is 11.4 Å². The zero-order valence-electron chi connectivity index (χ0n) is 17.9. The highest BCUT2D eigenvalue weighted by Crippen LogP contribution is 2.37. The minimum Gasteiger partial charge on any atom is -0.494 e. The zero-order valence-corrected chi connectivity index (χ0v) is 18.8. The van der Waals surface area contributed by atoms with E-state index in [9.17, 15) is 4.79 Å². The molecule has 0 unspecified atom stereocenters. The van der Waals surface area contributed by atoms with Crippen molar-refractivity contribution >= 4 is 38.3 Å². The normalized spacial score (nSPS) is 15.0. The molecule has 3 heterocycles. The van der Waals surface area contributed by atoms with Crippen LogP contribution >= 0.6 is 11.3 Å². The van der Waals surface area contributed by atoms with E-state index < -0.39 is 0 Å². The molecule has 6 nitrogen and oxygen atoms in total. The lowest BCUT2D eigenvalue weighted by molar-refractivity contribution is 0.102. The van der Waals surface area contributed by atoms with E-state index in [1.165, 1.54) is 12.8 Å². The number of piperidine rings is 1. The minimum absolute atomic E-state index is 0.253. The fraction of sp³-hybridized carbons (Fsp3) is 0.435. The van der Waals surface area contributed by atoms with Gasteiger partial charge in [-0.2, -0.15) is 0 Å². The number of anilines is 2. The van der Waals surface area contributed by atoms with Gasteiger partial charge >= 0.3 is 0 Å². The molecule has 1 aliphatic heterocycles. The predicted octanol–water partition coefficient (Wildman–Crippen LogP) is 5.13. The van der Waals surface area contributed by atoms with Gasteiger partial charge in [-0.05, 0) is 49.8 Å². The molecule has 0 aliphatic carbocycles. The van der Waals surface area contributed by atoms with Crippen molar-refractivity contribution in [2.45, 2.75) is 33.6 Å². The number of benzene rings is 1. The molecule has 0 bridgehead atoms. The molecule has 7 heteroatoms. The van der Waals surface area contributed by atoms with Crippen molar-refractivity contribution < 1.29 is 9.53 Å². The molecule has 1 saturated heterocycles. The van der Waals surface area contributed by atoms with E-state index in [0.29, 0.717) is 17.1 Å². The van der Waals surface area contributed by atoms with Crippen LogP contribution in [0.15, 0.2) is 30.3 Å². The van der Waals surface area contributed by atoms with Crippen LogP contribution in [0.25, 0.3) is 10.2 Å². The van der Waals surface area contributed by atoms with Crippen LogP contribution in [-0.2, 0) is 0 Å². The fourth-order valence-corrected chi connectivity index (χ4v) is 5.00. The highest BCUT2D eigenvalue weighted by Gasteiger charge is 2.24. The molecule has 4 rings (SSSR count). The third-order valence-electron chi connectivity index (χ3n) is 5.82. The van der Waals surface area contributed by atoms with Crippen molar-refractivity contribution in [3.8, 4) is 5.75 Å². The molecule has 1 amide bonds. The number of hydrogen-bond acceptors (Lipinski definition) is 6. The lowest BCUT2D eigenvalue weighted by Gasteiger charge is -2.33. The summed E-state index contributed by atoms with van der Waals surface area (Å²) >= 11 is 1.66. The van der Waals surface area contributed by atoms with E-state index >= 15 is 0 Å². The number of fused-ring (bicyclic) bond motifs is 1. The number of ether oxygens (including phenoxy) is 1. The molecule has 1 aliphatic rings. The fourth-order valence-electron chi connectivity index (χ4n) is 3.96. The molecular formula is C23H28N4O2S. The molecule has 0 radical (unpaired) electrons. The Morgan fingerprint density at radius 1 is 1.23 bits per heavy atom. The SMILES string of the molecule is COc1cc2nc(N3CCC(C(C)C)CC3)sc2cc1NC(=O)c1cccc(C)n1. The lowest BCUT2D eigenvalue weighted by atomic mass is 9.87. The molecule has 2 aromatic heterocycles. The number of nitrogens with zero attached hydrogens (tertiary/aromatic N) is 3.